The van der Waals surface area contributed by atoms with E-state index in [-0.39, 0.29) is 0 Å². The van der Waals surface area contributed by atoms with Crippen molar-refractivity contribution in [3.8, 4) is 0 Å². The van der Waals surface area contributed by atoms with Gasteiger partial charge in [-0.05, 0) is 6.07 Å². The Morgan fingerprint density at radius 1 is 1.36 bits per heavy atom. The minimum atomic E-state index is 0.633. The fourth-order valence-corrected chi connectivity index (χ4v) is 1.05. The van der Waals surface area contributed by atoms with E-state index in [1.807, 2.05) is 37.5 Å². The lowest BCUT2D eigenvalue weighted by Crippen LogP contribution is -2.10. The summed E-state index contributed by atoms with van der Waals surface area (Å²) in [6.45, 7) is 0. The Bertz CT molecular complexity index is 388. The number of rotatable bonds is 3. The smallest absolute Gasteiger partial charge is 0.227 e. The average molecular weight is 192 g/mol. The van der Waals surface area contributed by atoms with Crippen molar-refractivity contribution in [1.29, 1.82) is 0 Å². The molecule has 2 aromatic rings. The van der Waals surface area contributed by atoms with E-state index in [9.17, 15) is 0 Å². The summed E-state index contributed by atoms with van der Waals surface area (Å²) in [5, 5.41) is 11.0. The monoisotopic (exact) mass is 192 g/mol. The first kappa shape index (κ1) is 8.61. The van der Waals surface area contributed by atoms with Gasteiger partial charge in [0.1, 0.15) is 0 Å². The highest BCUT2D eigenvalue weighted by atomic mass is 15.4. The Balaban J connectivity index is 2.11. The molecule has 0 fully saturated rings. The van der Waals surface area contributed by atoms with Gasteiger partial charge in [-0.2, -0.15) is 0 Å². The van der Waals surface area contributed by atoms with Crippen molar-refractivity contribution in [3.05, 3.63) is 18.5 Å². The van der Waals surface area contributed by atoms with E-state index in [0.29, 0.717) is 5.95 Å². The second kappa shape index (κ2) is 3.41. The largest absolute Gasteiger partial charge is 0.366 e. The van der Waals surface area contributed by atoms with E-state index in [1.54, 1.807) is 0 Å². The quantitative estimate of drug-likeness (QED) is 0.676. The molecule has 3 N–H and O–H groups in total. The Morgan fingerprint density at radius 2 is 2.21 bits per heavy atom. The Kier molecular flexibility index (Phi) is 2.10. The topological polar surface area (TPSA) is 72.6 Å². The van der Waals surface area contributed by atoms with Crippen LogP contribution >= 0.6 is 0 Å². The van der Waals surface area contributed by atoms with Gasteiger partial charge in [-0.15, -0.1) is 10.2 Å². The van der Waals surface area contributed by atoms with Gasteiger partial charge in [0.2, 0.25) is 11.9 Å². The molecule has 0 saturated carbocycles. The number of aromatic amines is 2. The second-order valence-corrected chi connectivity index (χ2v) is 3.12. The number of aromatic nitrogens is 4. The van der Waals surface area contributed by atoms with Gasteiger partial charge < -0.3 is 15.2 Å². The third-order valence-corrected chi connectivity index (χ3v) is 1.76. The summed E-state index contributed by atoms with van der Waals surface area (Å²) in [7, 11) is 3.81. The zero-order chi connectivity index (χ0) is 9.97. The van der Waals surface area contributed by atoms with Crippen LogP contribution in [0.25, 0.3) is 0 Å². The molecule has 74 valence electrons. The van der Waals surface area contributed by atoms with Crippen LogP contribution in [0.3, 0.4) is 0 Å². The first-order valence-electron chi connectivity index (χ1n) is 4.25. The van der Waals surface area contributed by atoms with E-state index < -0.39 is 0 Å². The Labute approximate surface area is 81.4 Å². The van der Waals surface area contributed by atoms with Gasteiger partial charge >= 0.3 is 0 Å². The van der Waals surface area contributed by atoms with Gasteiger partial charge in [-0.25, -0.2) is 0 Å². The molecule has 0 amide bonds. The molecule has 0 unspecified atom stereocenters. The van der Waals surface area contributed by atoms with Crippen LogP contribution in [0.5, 0.6) is 0 Å². The van der Waals surface area contributed by atoms with Gasteiger partial charge in [0.15, 0.2) is 0 Å². The minimum absolute atomic E-state index is 0.633. The summed E-state index contributed by atoms with van der Waals surface area (Å²) in [6.07, 6.45) is 3.68. The molecule has 0 aliphatic heterocycles. The summed E-state index contributed by atoms with van der Waals surface area (Å²) in [6, 6.07) is 1.91. The van der Waals surface area contributed by atoms with Crippen LogP contribution in [0.1, 0.15) is 0 Å². The predicted octanol–water partition coefficient (Wildman–Crippen LogP) is 0.942. The number of anilines is 3. The molecule has 6 heteroatoms. The van der Waals surface area contributed by atoms with E-state index in [0.717, 1.165) is 11.6 Å². The van der Waals surface area contributed by atoms with Crippen LogP contribution in [-0.4, -0.2) is 34.3 Å². The molecule has 14 heavy (non-hydrogen) atoms. The van der Waals surface area contributed by atoms with Gasteiger partial charge in [0.25, 0.3) is 0 Å². The number of nitrogens with zero attached hydrogens (tertiary/aromatic N) is 3. The van der Waals surface area contributed by atoms with Crippen molar-refractivity contribution in [2.24, 2.45) is 0 Å². The lowest BCUT2D eigenvalue weighted by atomic mass is 10.5. The number of H-pyrrole nitrogens is 2. The summed E-state index contributed by atoms with van der Waals surface area (Å²) < 4.78 is 0. The number of nitrogens with one attached hydrogen (secondary N) is 3. The molecule has 0 bridgehead atoms. The van der Waals surface area contributed by atoms with Crippen LogP contribution in [-0.2, 0) is 0 Å². The van der Waals surface area contributed by atoms with Crippen molar-refractivity contribution in [1.82, 2.24) is 20.2 Å². The lowest BCUT2D eigenvalue weighted by molar-refractivity contribution is 0.999. The molecular formula is C8H12N6. The first-order valence-corrected chi connectivity index (χ1v) is 4.25. The average Bonchev–Trinajstić information content (AvgIpc) is 2.75. The maximum Gasteiger partial charge on any atom is 0.227 e. The summed E-state index contributed by atoms with van der Waals surface area (Å²) in [5.41, 5.74) is 0.950. The maximum absolute atomic E-state index is 3.94. The van der Waals surface area contributed by atoms with Crippen molar-refractivity contribution in [3.63, 3.8) is 0 Å². The predicted molar refractivity (Wildman–Crippen MR) is 54.8 cm³/mol. The van der Waals surface area contributed by atoms with Gasteiger partial charge in [-0.3, -0.25) is 4.98 Å². The van der Waals surface area contributed by atoms with Crippen LogP contribution < -0.4 is 10.2 Å². The van der Waals surface area contributed by atoms with Crippen molar-refractivity contribution < 1.29 is 0 Å². The highest BCUT2D eigenvalue weighted by molar-refractivity contribution is 5.52. The third kappa shape index (κ3) is 1.68. The van der Waals surface area contributed by atoms with Crippen LogP contribution in [0.2, 0.25) is 0 Å². The molecule has 0 aliphatic carbocycles. The van der Waals surface area contributed by atoms with Gasteiger partial charge in [-0.1, -0.05) is 0 Å². The molecule has 2 rings (SSSR count). The molecule has 0 saturated heterocycles. The van der Waals surface area contributed by atoms with Crippen LogP contribution in [0.4, 0.5) is 17.6 Å². The van der Waals surface area contributed by atoms with Crippen molar-refractivity contribution in [2.45, 2.75) is 0 Å². The maximum atomic E-state index is 3.94. The molecule has 0 aliphatic rings. The van der Waals surface area contributed by atoms with Crippen molar-refractivity contribution in [2.75, 3.05) is 24.3 Å². The van der Waals surface area contributed by atoms with Gasteiger partial charge in [0, 0.05) is 26.5 Å². The summed E-state index contributed by atoms with van der Waals surface area (Å²) in [5.74, 6) is 1.36. The SMILES string of the molecule is CN(C)c1nnc(Nc2cc[nH]c2)[nH]1. The van der Waals surface area contributed by atoms with Crippen LogP contribution in [0, 0.1) is 0 Å². The molecule has 0 atom stereocenters. The zero-order valence-electron chi connectivity index (χ0n) is 8.07. The lowest BCUT2D eigenvalue weighted by Gasteiger charge is -2.04. The van der Waals surface area contributed by atoms with E-state index in [4.69, 9.17) is 0 Å². The van der Waals surface area contributed by atoms with Crippen LogP contribution in [0.15, 0.2) is 18.5 Å². The Hall–Kier alpha value is -1.98. The van der Waals surface area contributed by atoms with E-state index in [1.165, 1.54) is 0 Å². The fourth-order valence-electron chi connectivity index (χ4n) is 1.05. The number of hydrogen-bond acceptors (Lipinski definition) is 4. The molecule has 2 aromatic heterocycles. The molecule has 0 spiro atoms. The molecule has 0 radical (unpaired) electrons. The standard InChI is InChI=1S/C8H12N6/c1-14(2)8-11-7(12-13-8)10-6-3-4-9-5-6/h3-5,9H,1-2H3,(H2,10,11,12,13). The minimum Gasteiger partial charge on any atom is -0.366 e. The summed E-state index contributed by atoms with van der Waals surface area (Å²) >= 11 is 0. The highest BCUT2D eigenvalue weighted by Gasteiger charge is 2.03. The summed E-state index contributed by atoms with van der Waals surface area (Å²) in [4.78, 5) is 7.83. The second-order valence-electron chi connectivity index (χ2n) is 3.12. The third-order valence-electron chi connectivity index (χ3n) is 1.76. The highest BCUT2D eigenvalue weighted by Crippen LogP contribution is 2.12. The van der Waals surface area contributed by atoms with E-state index >= 15 is 0 Å². The molecule has 2 heterocycles. The van der Waals surface area contributed by atoms with Gasteiger partial charge in [0.05, 0.1) is 5.69 Å². The van der Waals surface area contributed by atoms with Crippen molar-refractivity contribution >= 4 is 17.6 Å². The van der Waals surface area contributed by atoms with E-state index in [2.05, 4.69) is 25.5 Å². The normalized spacial score (nSPS) is 10.1. The Morgan fingerprint density at radius 3 is 2.79 bits per heavy atom. The molecule has 6 nitrogen and oxygen atoms in total. The zero-order valence-corrected chi connectivity index (χ0v) is 8.07. The fraction of sp³-hybridized carbons (Fsp3) is 0.250. The molecular weight excluding hydrogens is 180 g/mol. The molecule has 0 aromatic carbocycles. The number of hydrogen-bond donors (Lipinski definition) is 3. The first-order chi connectivity index (χ1) is 6.75.